The first kappa shape index (κ1) is 32.4. The fourth-order valence-corrected chi connectivity index (χ4v) is 5.03. The summed E-state index contributed by atoms with van der Waals surface area (Å²) in [6.07, 6.45) is 1.24. The lowest BCUT2D eigenvalue weighted by molar-refractivity contribution is -0.143. The SMILES string of the molecule is CN[C@@H](C)C(=O)N[C@H](C(=O)N1CCC[C@H]1C(=O)N[C@@H](Cc1cccc(-c2ccc(OC)cc2OC)c1)C(N)=O)C(C)C. The fourth-order valence-electron chi connectivity index (χ4n) is 5.03. The molecule has 4 atom stereocenters. The highest BCUT2D eigenvalue weighted by molar-refractivity contribution is 5.95. The predicted octanol–water partition coefficient (Wildman–Crippen LogP) is 1.62. The van der Waals surface area contributed by atoms with E-state index < -0.39 is 36.0 Å². The molecule has 0 spiro atoms. The Morgan fingerprint density at radius 1 is 1.02 bits per heavy atom. The molecule has 0 unspecified atom stereocenters. The van der Waals surface area contributed by atoms with Crippen molar-refractivity contribution in [1.82, 2.24) is 20.9 Å². The first-order chi connectivity index (χ1) is 20.0. The molecule has 0 aliphatic carbocycles. The standard InChI is InChI=1S/C31H43N5O6/c1-18(2)27(35-29(38)19(3)33-4)31(40)36-14-8-11-25(36)30(39)34-24(28(32)37)16-20-9-7-10-21(15-20)23-13-12-22(41-5)17-26(23)42-6/h7,9-10,12-13,15,17-19,24-25,27,33H,8,11,14,16H2,1-6H3,(H2,32,37)(H,34,39)(H,35,38)/t19-,24-,25-,27-/m0/s1. The van der Waals surface area contributed by atoms with Gasteiger partial charge in [-0.25, -0.2) is 0 Å². The van der Waals surface area contributed by atoms with E-state index in [0.29, 0.717) is 30.9 Å². The summed E-state index contributed by atoms with van der Waals surface area (Å²) < 4.78 is 10.8. The molecule has 228 valence electrons. The summed E-state index contributed by atoms with van der Waals surface area (Å²) in [5.41, 5.74) is 8.21. The van der Waals surface area contributed by atoms with Crippen LogP contribution >= 0.6 is 0 Å². The molecular weight excluding hydrogens is 538 g/mol. The number of carbonyl (C=O) groups is 4. The number of primary amides is 1. The second-order valence-corrected chi connectivity index (χ2v) is 10.9. The topological polar surface area (TPSA) is 152 Å². The highest BCUT2D eigenvalue weighted by Gasteiger charge is 2.39. The fraction of sp³-hybridized carbons (Fsp3) is 0.484. The molecule has 2 aromatic carbocycles. The number of likely N-dealkylation sites (N-methyl/N-ethyl adjacent to an activating group) is 1. The average Bonchev–Trinajstić information content (AvgIpc) is 3.48. The van der Waals surface area contributed by atoms with Crippen LogP contribution in [0.3, 0.4) is 0 Å². The van der Waals surface area contributed by atoms with Crippen molar-refractivity contribution in [2.75, 3.05) is 27.8 Å². The van der Waals surface area contributed by atoms with Crippen LogP contribution in [0.5, 0.6) is 11.5 Å². The van der Waals surface area contributed by atoms with Gasteiger partial charge in [0.2, 0.25) is 23.6 Å². The maximum atomic E-state index is 13.5. The molecule has 5 N–H and O–H groups in total. The van der Waals surface area contributed by atoms with Crippen LogP contribution in [0.2, 0.25) is 0 Å². The van der Waals surface area contributed by atoms with Gasteiger partial charge in [-0.05, 0) is 56.0 Å². The summed E-state index contributed by atoms with van der Waals surface area (Å²) in [4.78, 5) is 53.4. The van der Waals surface area contributed by atoms with Crippen LogP contribution in [0, 0.1) is 5.92 Å². The Balaban J connectivity index is 1.76. The van der Waals surface area contributed by atoms with Gasteiger partial charge in [-0.2, -0.15) is 0 Å². The summed E-state index contributed by atoms with van der Waals surface area (Å²) in [6.45, 7) is 5.77. The van der Waals surface area contributed by atoms with E-state index in [1.165, 1.54) is 4.90 Å². The molecule has 11 heteroatoms. The molecule has 1 saturated heterocycles. The van der Waals surface area contributed by atoms with Crippen molar-refractivity contribution in [2.24, 2.45) is 11.7 Å². The number of nitrogens with zero attached hydrogens (tertiary/aromatic N) is 1. The molecular formula is C31H43N5O6. The maximum absolute atomic E-state index is 13.5. The summed E-state index contributed by atoms with van der Waals surface area (Å²) in [5, 5.41) is 8.46. The largest absolute Gasteiger partial charge is 0.497 e. The van der Waals surface area contributed by atoms with E-state index in [4.69, 9.17) is 15.2 Å². The third-order valence-electron chi connectivity index (χ3n) is 7.64. The van der Waals surface area contributed by atoms with Gasteiger partial charge < -0.3 is 36.1 Å². The van der Waals surface area contributed by atoms with Gasteiger partial charge in [0.05, 0.1) is 20.3 Å². The van der Waals surface area contributed by atoms with E-state index >= 15 is 0 Å². The minimum Gasteiger partial charge on any atom is -0.497 e. The number of methoxy groups -OCH3 is 2. The molecule has 0 bridgehead atoms. The molecule has 11 nitrogen and oxygen atoms in total. The number of amides is 4. The van der Waals surface area contributed by atoms with E-state index in [0.717, 1.165) is 16.7 Å². The summed E-state index contributed by atoms with van der Waals surface area (Å²) in [5.74, 6) is -0.644. The zero-order valence-electron chi connectivity index (χ0n) is 25.2. The van der Waals surface area contributed by atoms with Crippen molar-refractivity contribution in [1.29, 1.82) is 0 Å². The van der Waals surface area contributed by atoms with Crippen molar-refractivity contribution in [2.45, 2.75) is 64.2 Å². The second kappa shape index (κ2) is 14.7. The van der Waals surface area contributed by atoms with E-state index in [1.54, 1.807) is 34.3 Å². The van der Waals surface area contributed by atoms with Gasteiger partial charge in [0, 0.05) is 24.6 Å². The normalized spacial score (nSPS) is 16.8. The van der Waals surface area contributed by atoms with E-state index in [2.05, 4.69) is 16.0 Å². The van der Waals surface area contributed by atoms with Crippen LogP contribution < -0.4 is 31.2 Å². The zero-order chi connectivity index (χ0) is 31.0. The quantitative estimate of drug-likeness (QED) is 0.281. The number of nitrogens with one attached hydrogen (secondary N) is 3. The first-order valence-corrected chi connectivity index (χ1v) is 14.2. The summed E-state index contributed by atoms with van der Waals surface area (Å²) in [7, 11) is 4.83. The third kappa shape index (κ3) is 7.79. The van der Waals surface area contributed by atoms with Gasteiger partial charge in [0.25, 0.3) is 0 Å². The number of nitrogens with two attached hydrogens (primary N) is 1. The highest BCUT2D eigenvalue weighted by atomic mass is 16.5. The van der Waals surface area contributed by atoms with Crippen LogP contribution in [0.1, 0.15) is 39.2 Å². The highest BCUT2D eigenvalue weighted by Crippen LogP contribution is 2.33. The van der Waals surface area contributed by atoms with Gasteiger partial charge >= 0.3 is 0 Å². The molecule has 1 heterocycles. The third-order valence-corrected chi connectivity index (χ3v) is 7.64. The van der Waals surface area contributed by atoms with E-state index in [9.17, 15) is 19.2 Å². The van der Waals surface area contributed by atoms with Gasteiger partial charge in [-0.15, -0.1) is 0 Å². The molecule has 1 fully saturated rings. The molecule has 3 rings (SSSR count). The molecule has 1 aliphatic rings. The summed E-state index contributed by atoms with van der Waals surface area (Å²) in [6, 6.07) is 10.1. The zero-order valence-corrected chi connectivity index (χ0v) is 25.2. The number of benzene rings is 2. The van der Waals surface area contributed by atoms with Crippen molar-refractivity contribution >= 4 is 23.6 Å². The Kier molecular flexibility index (Phi) is 11.3. The Morgan fingerprint density at radius 2 is 1.76 bits per heavy atom. The Bertz CT molecular complexity index is 1280. The number of hydrogen-bond acceptors (Lipinski definition) is 7. The number of likely N-dealkylation sites (tertiary alicyclic amines) is 1. The Hall–Kier alpha value is -4.12. The van der Waals surface area contributed by atoms with Crippen LogP contribution in [-0.4, -0.2) is 80.5 Å². The van der Waals surface area contributed by atoms with Crippen LogP contribution in [0.15, 0.2) is 42.5 Å². The lowest BCUT2D eigenvalue weighted by Gasteiger charge is -2.31. The van der Waals surface area contributed by atoms with Gasteiger partial charge in [-0.1, -0.05) is 38.1 Å². The second-order valence-electron chi connectivity index (χ2n) is 10.9. The number of ether oxygens (including phenoxy) is 2. The van der Waals surface area contributed by atoms with Gasteiger partial charge in [0.1, 0.15) is 29.6 Å². The lowest BCUT2D eigenvalue weighted by atomic mass is 9.98. The summed E-state index contributed by atoms with van der Waals surface area (Å²) >= 11 is 0. The molecule has 0 saturated carbocycles. The minimum atomic E-state index is -0.986. The average molecular weight is 582 g/mol. The molecule has 2 aromatic rings. The Labute approximate surface area is 247 Å². The molecule has 42 heavy (non-hydrogen) atoms. The number of carbonyl (C=O) groups excluding carboxylic acids is 4. The molecule has 0 aromatic heterocycles. The minimum absolute atomic E-state index is 0.167. The first-order valence-electron chi connectivity index (χ1n) is 14.2. The van der Waals surface area contributed by atoms with Crippen molar-refractivity contribution in [3.63, 3.8) is 0 Å². The van der Waals surface area contributed by atoms with E-state index in [1.807, 2.05) is 50.2 Å². The monoisotopic (exact) mass is 581 g/mol. The lowest BCUT2D eigenvalue weighted by Crippen LogP contribution is -2.58. The van der Waals surface area contributed by atoms with Gasteiger partial charge in [-0.3, -0.25) is 19.2 Å². The smallest absolute Gasteiger partial charge is 0.246 e. The van der Waals surface area contributed by atoms with Crippen molar-refractivity contribution in [3.05, 3.63) is 48.0 Å². The predicted molar refractivity (Wildman–Crippen MR) is 160 cm³/mol. The van der Waals surface area contributed by atoms with Crippen LogP contribution in [0.25, 0.3) is 11.1 Å². The number of hydrogen-bond donors (Lipinski definition) is 4. The van der Waals surface area contributed by atoms with Crippen molar-refractivity contribution in [3.8, 4) is 22.6 Å². The molecule has 0 radical (unpaired) electrons. The van der Waals surface area contributed by atoms with E-state index in [-0.39, 0.29) is 24.2 Å². The van der Waals surface area contributed by atoms with Crippen LogP contribution in [0.4, 0.5) is 0 Å². The Morgan fingerprint density at radius 3 is 2.38 bits per heavy atom. The molecule has 1 aliphatic heterocycles. The van der Waals surface area contributed by atoms with Crippen LogP contribution in [-0.2, 0) is 25.6 Å². The molecule has 4 amide bonds. The van der Waals surface area contributed by atoms with Crippen molar-refractivity contribution < 1.29 is 28.7 Å². The number of rotatable bonds is 13. The van der Waals surface area contributed by atoms with Gasteiger partial charge in [0.15, 0.2) is 0 Å². The maximum Gasteiger partial charge on any atom is 0.246 e.